The van der Waals surface area contributed by atoms with Crippen molar-refractivity contribution in [2.45, 2.75) is 141 Å². The molecule has 4 aliphatic rings. The molecule has 0 radical (unpaired) electrons. The minimum atomic E-state index is -0.281. The van der Waals surface area contributed by atoms with Crippen LogP contribution in [0.1, 0.15) is 136 Å². The van der Waals surface area contributed by atoms with E-state index in [-0.39, 0.29) is 33.8 Å². The smallest absolute Gasteiger partial charge is 0.295 e. The van der Waals surface area contributed by atoms with Gasteiger partial charge in [-0.25, -0.2) is 4.57 Å². The molecule has 4 nitrogen and oxygen atoms in total. The first kappa shape index (κ1) is 47.7. The molecule has 378 valence electrons. The molecule has 0 unspecified atom stereocenters. The van der Waals surface area contributed by atoms with Crippen molar-refractivity contribution in [3.05, 3.63) is 172 Å². The number of rotatable bonds is 1. The zero-order chi connectivity index (χ0) is 53.2. The van der Waals surface area contributed by atoms with Gasteiger partial charge in [0.2, 0.25) is 0 Å². The van der Waals surface area contributed by atoms with Crippen LogP contribution < -0.4 is 30.8 Å². The molecule has 0 N–H and O–H groups in total. The van der Waals surface area contributed by atoms with E-state index in [0.717, 1.165) is 0 Å². The molecule has 0 saturated heterocycles. The fraction of sp³-hybridized carbons (Fsp3) is 0.300. The van der Waals surface area contributed by atoms with Gasteiger partial charge in [-0.1, -0.05) is 188 Å². The van der Waals surface area contributed by atoms with Gasteiger partial charge in [-0.05, 0) is 150 Å². The summed E-state index contributed by atoms with van der Waals surface area (Å²) in [5.41, 5.74) is 28.4. The topological polar surface area (TPSA) is 14.8 Å². The summed E-state index contributed by atoms with van der Waals surface area (Å²) in [5.74, 6) is 0. The first-order valence-electron chi connectivity index (χ1n) is 27.7. The van der Waals surface area contributed by atoms with Gasteiger partial charge in [0.15, 0.2) is 11.0 Å². The summed E-state index contributed by atoms with van der Waals surface area (Å²) >= 11 is 1.97. The van der Waals surface area contributed by atoms with Crippen molar-refractivity contribution in [2.24, 2.45) is 7.05 Å². The summed E-state index contributed by atoms with van der Waals surface area (Å²) < 4.78 is 4.93. The molecule has 0 bridgehead atoms. The molecule has 14 rings (SSSR count). The van der Waals surface area contributed by atoms with Crippen molar-refractivity contribution < 1.29 is 4.57 Å². The van der Waals surface area contributed by atoms with Crippen molar-refractivity contribution in [2.75, 3.05) is 9.80 Å². The van der Waals surface area contributed by atoms with E-state index in [1.54, 1.807) is 0 Å². The number of nitrogens with zero attached hydrogens (tertiary/aromatic N) is 4. The molecular formula is C70H70BN4S+. The average Bonchev–Trinajstić information content (AvgIpc) is 3.83. The number of benzene rings is 8. The molecule has 0 atom stereocenters. The fourth-order valence-corrected chi connectivity index (χ4v) is 14.9. The zero-order valence-corrected chi connectivity index (χ0v) is 48.3. The van der Waals surface area contributed by atoms with Crippen LogP contribution >= 0.6 is 11.8 Å². The number of anilines is 6. The highest BCUT2D eigenvalue weighted by Crippen LogP contribution is 2.59. The van der Waals surface area contributed by atoms with Crippen LogP contribution in [0.4, 0.5) is 34.1 Å². The van der Waals surface area contributed by atoms with Crippen LogP contribution in [0, 0.1) is 6.92 Å². The lowest BCUT2D eigenvalue weighted by molar-refractivity contribution is -0.617. The molecule has 0 saturated carbocycles. The fourth-order valence-electron chi connectivity index (χ4n) is 13.7. The Kier molecular flexibility index (Phi) is 9.57. The maximum absolute atomic E-state index is 2.73. The van der Waals surface area contributed by atoms with Crippen molar-refractivity contribution in [3.8, 4) is 11.1 Å². The molecule has 8 aromatic carbocycles. The Morgan fingerprint density at radius 1 is 0.500 bits per heavy atom. The monoisotopic (exact) mass is 1010 g/mol. The quantitative estimate of drug-likeness (QED) is 0.0925. The summed E-state index contributed by atoms with van der Waals surface area (Å²) in [4.78, 5) is 8.09. The van der Waals surface area contributed by atoms with Crippen LogP contribution in [0.15, 0.2) is 143 Å². The van der Waals surface area contributed by atoms with E-state index in [1.165, 1.54) is 149 Å². The molecule has 0 fully saturated rings. The second kappa shape index (κ2) is 15.3. The van der Waals surface area contributed by atoms with E-state index in [2.05, 4.69) is 263 Å². The minimum Gasteiger partial charge on any atom is -0.311 e. The van der Waals surface area contributed by atoms with E-state index >= 15 is 0 Å². The number of fused-ring (bicyclic) bond motifs is 16. The zero-order valence-electron chi connectivity index (χ0n) is 47.5. The Balaban J connectivity index is 1.18. The van der Waals surface area contributed by atoms with E-state index in [1.807, 2.05) is 11.8 Å². The predicted octanol–water partition coefficient (Wildman–Crippen LogP) is 16.6. The molecule has 6 heterocycles. The summed E-state index contributed by atoms with van der Waals surface area (Å²) in [5, 5.41) is 3.84. The Labute approximate surface area is 454 Å². The van der Waals surface area contributed by atoms with Gasteiger partial charge in [-0.3, -0.25) is 0 Å². The highest BCUT2D eigenvalue weighted by Gasteiger charge is 2.51. The minimum absolute atomic E-state index is 0.00199. The maximum atomic E-state index is 2.73. The number of imidazole rings is 1. The number of para-hydroxylation sites is 3. The van der Waals surface area contributed by atoms with Crippen LogP contribution in [-0.4, -0.2) is 11.1 Å². The molecule has 2 aromatic heterocycles. The molecule has 0 aliphatic carbocycles. The highest BCUT2D eigenvalue weighted by molar-refractivity contribution is 7.99. The Morgan fingerprint density at radius 2 is 1.05 bits per heavy atom. The van der Waals surface area contributed by atoms with Crippen molar-refractivity contribution in [1.29, 1.82) is 0 Å². The van der Waals surface area contributed by atoms with Crippen LogP contribution in [0.5, 0.6) is 0 Å². The second-order valence-corrected chi connectivity index (χ2v) is 28.5. The van der Waals surface area contributed by atoms with E-state index in [0.29, 0.717) is 0 Å². The number of pyridine rings is 1. The largest absolute Gasteiger partial charge is 0.311 e. The SMILES string of the molecule is Cc1ccc(-c2cc3c4c(c2)N2c5ccc(C(C)(C)C)cc5C(C)(C)c5cc(C(C)(C)C)cc(c52)B4c2cc(C(C)(C)C)cc4c2N3c2ccc(C(C)(C)C)cc2S4)c2c3ccccc3n3c4ccccc4[n+](C)c3c12. The van der Waals surface area contributed by atoms with Crippen LogP contribution in [0.2, 0.25) is 0 Å². The summed E-state index contributed by atoms with van der Waals surface area (Å²) in [6.45, 7) is 35.8. The average molecular weight is 1010 g/mol. The van der Waals surface area contributed by atoms with E-state index in [4.69, 9.17) is 0 Å². The van der Waals surface area contributed by atoms with Crippen LogP contribution in [-0.2, 0) is 34.1 Å². The third kappa shape index (κ3) is 6.43. The standard InChI is InChI=1S/C70H70BN4S/c1-39-25-28-45(61-46-21-17-18-22-51(46)75-54-24-20-19-23-53(54)72(16)65(75)60(39)61)40-31-56-62-57(32-40)74-55-30-27-42(67(5,6)7)37-58(55)76-59-38-44(69(11,12)13)36-50(64(59)74)71(62)49-35-43(68(8,9)10)34-48-63(49)73(56)52-29-26-41(66(2,3)4)33-47(52)70(48,14)15/h17-38H,1-16H3/q+1. The number of hydrogen-bond donors (Lipinski definition) is 0. The Bertz CT molecular complexity index is 4260. The summed E-state index contributed by atoms with van der Waals surface area (Å²) in [6.07, 6.45) is 0. The van der Waals surface area contributed by atoms with Gasteiger partial charge in [-0.2, -0.15) is 4.40 Å². The van der Waals surface area contributed by atoms with E-state index in [9.17, 15) is 0 Å². The lowest BCUT2D eigenvalue weighted by Crippen LogP contribution is -2.63. The third-order valence-electron chi connectivity index (χ3n) is 18.1. The second-order valence-electron chi connectivity index (χ2n) is 27.5. The maximum Gasteiger partial charge on any atom is 0.295 e. The Morgan fingerprint density at radius 3 is 1.72 bits per heavy atom. The van der Waals surface area contributed by atoms with Gasteiger partial charge >= 0.3 is 0 Å². The van der Waals surface area contributed by atoms with Crippen molar-refractivity contribution >= 4 is 107 Å². The Hall–Kier alpha value is -6.76. The van der Waals surface area contributed by atoms with Crippen molar-refractivity contribution in [1.82, 2.24) is 4.40 Å². The first-order chi connectivity index (χ1) is 35.8. The third-order valence-corrected chi connectivity index (χ3v) is 19.1. The van der Waals surface area contributed by atoms with Gasteiger partial charge in [0, 0.05) is 43.0 Å². The molecule has 0 amide bonds. The van der Waals surface area contributed by atoms with Gasteiger partial charge in [-0.15, -0.1) is 0 Å². The first-order valence-corrected chi connectivity index (χ1v) is 28.5. The van der Waals surface area contributed by atoms with Crippen LogP contribution in [0.25, 0.3) is 49.5 Å². The lowest BCUT2D eigenvalue weighted by atomic mass is 9.32. The van der Waals surface area contributed by atoms with Crippen LogP contribution in [0.3, 0.4) is 0 Å². The van der Waals surface area contributed by atoms with E-state index < -0.39 is 0 Å². The number of aromatic nitrogens is 2. The van der Waals surface area contributed by atoms with Gasteiger partial charge in [0.25, 0.3) is 12.4 Å². The molecule has 76 heavy (non-hydrogen) atoms. The van der Waals surface area contributed by atoms with Gasteiger partial charge in [0.1, 0.15) is 5.52 Å². The lowest BCUT2D eigenvalue weighted by Gasteiger charge is -2.51. The normalized spacial score (nSPS) is 15.3. The van der Waals surface area contributed by atoms with Gasteiger partial charge in [0.05, 0.1) is 29.5 Å². The molecule has 0 spiro atoms. The molecule has 4 aliphatic heterocycles. The summed E-state index contributed by atoms with van der Waals surface area (Å²) in [6, 6.07) is 53.2. The summed E-state index contributed by atoms with van der Waals surface area (Å²) in [7, 11) is 2.25. The molecule has 6 heteroatoms. The molecular weight excluding hydrogens is 940 g/mol. The number of hydrogen-bond acceptors (Lipinski definition) is 3. The predicted molar refractivity (Wildman–Crippen MR) is 326 cm³/mol. The highest BCUT2D eigenvalue weighted by atomic mass is 32.2. The van der Waals surface area contributed by atoms with Gasteiger partial charge < -0.3 is 9.80 Å². The van der Waals surface area contributed by atoms with Crippen molar-refractivity contribution in [3.63, 3.8) is 0 Å². The number of aryl methyl sites for hydroxylation is 2. The molecule has 10 aromatic rings.